The van der Waals surface area contributed by atoms with Crippen molar-refractivity contribution in [3.05, 3.63) is 29.8 Å². The van der Waals surface area contributed by atoms with Crippen LogP contribution in [0.5, 0.6) is 0 Å². The Labute approximate surface area is 134 Å². The molecule has 1 aliphatic carbocycles. The molecule has 22 heavy (non-hydrogen) atoms. The van der Waals surface area contributed by atoms with E-state index in [1.807, 2.05) is 0 Å². The fraction of sp³-hybridized carbons (Fsp3) is 0.684. The molecule has 1 saturated heterocycles. The Balaban J connectivity index is 1.59. The van der Waals surface area contributed by atoms with E-state index in [2.05, 4.69) is 34.5 Å². The second kappa shape index (κ2) is 6.21. The topological polar surface area (TPSA) is 24.5 Å². The number of para-hydroxylation sites is 1. The van der Waals surface area contributed by atoms with Crippen molar-refractivity contribution in [1.82, 2.24) is 5.32 Å². The summed E-state index contributed by atoms with van der Waals surface area (Å²) < 4.78 is 6.39. The van der Waals surface area contributed by atoms with E-state index in [1.54, 1.807) is 0 Å². The van der Waals surface area contributed by atoms with Gasteiger partial charge in [-0.3, -0.25) is 0 Å². The number of hydrogen-bond acceptors (Lipinski definition) is 3. The molecule has 1 aromatic rings. The minimum absolute atomic E-state index is 0.0215. The molecule has 0 radical (unpaired) electrons. The maximum Gasteiger partial charge on any atom is 0.0996 e. The lowest BCUT2D eigenvalue weighted by atomic mass is 9.88. The number of anilines is 1. The lowest BCUT2D eigenvalue weighted by molar-refractivity contribution is -0.0322. The number of hydrogen-bond donors (Lipinski definition) is 1. The zero-order valence-corrected chi connectivity index (χ0v) is 13.5. The van der Waals surface area contributed by atoms with Crippen LogP contribution in [-0.4, -0.2) is 31.8 Å². The number of ether oxygens (including phenoxy) is 1. The zero-order valence-electron chi connectivity index (χ0n) is 13.5. The van der Waals surface area contributed by atoms with Crippen LogP contribution < -0.4 is 10.2 Å². The van der Waals surface area contributed by atoms with Crippen molar-refractivity contribution >= 4 is 5.69 Å². The molecule has 3 heteroatoms. The van der Waals surface area contributed by atoms with Gasteiger partial charge in [0.2, 0.25) is 0 Å². The van der Waals surface area contributed by atoms with Crippen LogP contribution in [0.1, 0.15) is 44.1 Å². The minimum Gasteiger partial charge on any atom is -0.368 e. The van der Waals surface area contributed by atoms with Gasteiger partial charge >= 0.3 is 0 Å². The van der Waals surface area contributed by atoms with Crippen LogP contribution in [0.25, 0.3) is 0 Å². The molecule has 1 spiro atoms. The Bertz CT molecular complexity index is 504. The number of benzene rings is 1. The van der Waals surface area contributed by atoms with Crippen LogP contribution >= 0.6 is 0 Å². The molecule has 3 nitrogen and oxygen atoms in total. The maximum absolute atomic E-state index is 6.39. The summed E-state index contributed by atoms with van der Waals surface area (Å²) in [6.07, 6.45) is 8.23. The Morgan fingerprint density at radius 3 is 2.86 bits per heavy atom. The lowest BCUT2D eigenvalue weighted by Gasteiger charge is -2.36. The van der Waals surface area contributed by atoms with Crippen LogP contribution in [0, 0.1) is 5.92 Å². The van der Waals surface area contributed by atoms with Crippen molar-refractivity contribution in [3.63, 3.8) is 0 Å². The predicted molar refractivity (Wildman–Crippen MR) is 90.2 cm³/mol. The van der Waals surface area contributed by atoms with Gasteiger partial charge in [0, 0.05) is 30.9 Å². The van der Waals surface area contributed by atoms with Gasteiger partial charge in [-0.25, -0.2) is 0 Å². The molecule has 3 aliphatic rings. The number of nitrogens with one attached hydrogen (secondary N) is 1. The van der Waals surface area contributed by atoms with Gasteiger partial charge in [0.25, 0.3) is 0 Å². The highest BCUT2D eigenvalue weighted by Crippen LogP contribution is 2.35. The fourth-order valence-electron chi connectivity index (χ4n) is 4.47. The first-order valence-electron chi connectivity index (χ1n) is 9.02. The number of nitrogens with zero attached hydrogens (tertiary/aromatic N) is 1. The van der Waals surface area contributed by atoms with Gasteiger partial charge < -0.3 is 15.0 Å². The summed E-state index contributed by atoms with van der Waals surface area (Å²) in [5.74, 6) is 0.867. The molecular formula is C19H28N2O. The van der Waals surface area contributed by atoms with Crippen molar-refractivity contribution in [2.45, 2.75) is 50.7 Å². The molecule has 1 aromatic carbocycles. The summed E-state index contributed by atoms with van der Waals surface area (Å²) in [7, 11) is 0. The monoisotopic (exact) mass is 300 g/mol. The molecule has 2 fully saturated rings. The average molecular weight is 300 g/mol. The Hall–Kier alpha value is -1.06. The standard InChI is InChI=1S/C19H28N2O/c1-2-6-16(7-3-1)12-21-15-19(10-11-20-14-19)22-13-17-8-4-5-9-18(17)21/h4-5,8-9,16,20H,1-3,6-7,10-15H2. The van der Waals surface area contributed by atoms with Gasteiger partial charge in [-0.1, -0.05) is 37.5 Å². The van der Waals surface area contributed by atoms with E-state index in [-0.39, 0.29) is 5.60 Å². The van der Waals surface area contributed by atoms with Crippen molar-refractivity contribution in [1.29, 1.82) is 0 Å². The average Bonchev–Trinajstić information content (AvgIpc) is 2.96. The normalized spacial score (nSPS) is 29.5. The van der Waals surface area contributed by atoms with Crippen molar-refractivity contribution in [2.24, 2.45) is 5.92 Å². The van der Waals surface area contributed by atoms with Gasteiger partial charge in [-0.15, -0.1) is 0 Å². The summed E-state index contributed by atoms with van der Waals surface area (Å²) in [5, 5.41) is 3.51. The first-order chi connectivity index (χ1) is 10.8. The first kappa shape index (κ1) is 14.5. The smallest absolute Gasteiger partial charge is 0.0996 e. The van der Waals surface area contributed by atoms with E-state index in [0.717, 1.165) is 38.6 Å². The van der Waals surface area contributed by atoms with E-state index >= 15 is 0 Å². The van der Waals surface area contributed by atoms with Crippen molar-refractivity contribution < 1.29 is 4.74 Å². The third kappa shape index (κ3) is 2.89. The molecule has 2 aliphatic heterocycles. The molecular weight excluding hydrogens is 272 g/mol. The Morgan fingerprint density at radius 2 is 2.05 bits per heavy atom. The molecule has 1 atom stereocenters. The Kier molecular flexibility index (Phi) is 4.10. The minimum atomic E-state index is 0.0215. The highest BCUT2D eigenvalue weighted by atomic mass is 16.5. The van der Waals surface area contributed by atoms with E-state index in [0.29, 0.717) is 0 Å². The van der Waals surface area contributed by atoms with Crippen LogP contribution in [0.2, 0.25) is 0 Å². The molecule has 1 saturated carbocycles. The summed E-state index contributed by atoms with van der Waals surface area (Å²) >= 11 is 0. The van der Waals surface area contributed by atoms with Crippen LogP contribution in [0.3, 0.4) is 0 Å². The second-order valence-corrected chi connectivity index (χ2v) is 7.41. The van der Waals surface area contributed by atoms with Crippen molar-refractivity contribution in [3.8, 4) is 0 Å². The third-order valence-corrected chi connectivity index (χ3v) is 5.75. The van der Waals surface area contributed by atoms with Crippen LogP contribution in [0.15, 0.2) is 24.3 Å². The molecule has 0 aromatic heterocycles. The lowest BCUT2D eigenvalue weighted by Crippen LogP contribution is -2.47. The molecule has 0 amide bonds. The maximum atomic E-state index is 6.39. The van der Waals surface area contributed by atoms with E-state index in [1.165, 1.54) is 49.9 Å². The summed E-state index contributed by atoms with van der Waals surface area (Å²) in [4.78, 5) is 2.64. The summed E-state index contributed by atoms with van der Waals surface area (Å²) in [6.45, 7) is 5.12. The predicted octanol–water partition coefficient (Wildman–Crippen LogP) is 3.34. The van der Waals surface area contributed by atoms with Gasteiger partial charge in [0.1, 0.15) is 0 Å². The van der Waals surface area contributed by atoms with Gasteiger partial charge in [-0.2, -0.15) is 0 Å². The molecule has 4 rings (SSSR count). The highest BCUT2D eigenvalue weighted by Gasteiger charge is 2.39. The molecule has 2 heterocycles. The number of rotatable bonds is 2. The third-order valence-electron chi connectivity index (χ3n) is 5.75. The first-order valence-corrected chi connectivity index (χ1v) is 9.02. The van der Waals surface area contributed by atoms with E-state index < -0.39 is 0 Å². The van der Waals surface area contributed by atoms with Gasteiger partial charge in [0.05, 0.1) is 12.2 Å². The quantitative estimate of drug-likeness (QED) is 0.906. The largest absolute Gasteiger partial charge is 0.368 e. The highest BCUT2D eigenvalue weighted by molar-refractivity contribution is 5.54. The van der Waals surface area contributed by atoms with Crippen molar-refractivity contribution in [2.75, 3.05) is 31.1 Å². The van der Waals surface area contributed by atoms with Crippen LogP contribution in [0.4, 0.5) is 5.69 Å². The second-order valence-electron chi connectivity index (χ2n) is 7.41. The van der Waals surface area contributed by atoms with Gasteiger partial charge in [0.15, 0.2) is 0 Å². The molecule has 0 bridgehead atoms. The summed E-state index contributed by atoms with van der Waals surface area (Å²) in [5.41, 5.74) is 2.80. The summed E-state index contributed by atoms with van der Waals surface area (Å²) in [6, 6.07) is 8.86. The fourth-order valence-corrected chi connectivity index (χ4v) is 4.47. The SMILES string of the molecule is c1ccc2c(c1)COC1(CCNC1)CN2CC1CCCCC1. The zero-order chi connectivity index (χ0) is 14.8. The molecule has 1 N–H and O–H groups in total. The van der Waals surface area contributed by atoms with Gasteiger partial charge in [-0.05, 0) is 37.8 Å². The van der Waals surface area contributed by atoms with E-state index in [9.17, 15) is 0 Å². The van der Waals surface area contributed by atoms with E-state index in [4.69, 9.17) is 4.74 Å². The van der Waals surface area contributed by atoms with Crippen LogP contribution in [-0.2, 0) is 11.3 Å². The number of fused-ring (bicyclic) bond motifs is 1. The molecule has 120 valence electrons. The Morgan fingerprint density at radius 1 is 1.18 bits per heavy atom. The molecule has 1 unspecified atom stereocenters.